The summed E-state index contributed by atoms with van der Waals surface area (Å²) < 4.78 is 5.15. The number of amides is 1. The van der Waals surface area contributed by atoms with Crippen LogP contribution in [-0.4, -0.2) is 35.7 Å². The van der Waals surface area contributed by atoms with Gasteiger partial charge in [0.25, 0.3) is 11.8 Å². The fraction of sp³-hybridized carbons (Fsp3) is 0.357. The van der Waals surface area contributed by atoms with Gasteiger partial charge < -0.3 is 15.2 Å². The lowest BCUT2D eigenvalue weighted by Gasteiger charge is -2.27. The van der Waals surface area contributed by atoms with E-state index in [9.17, 15) is 4.79 Å². The summed E-state index contributed by atoms with van der Waals surface area (Å²) in [4.78, 5) is 16.4. The van der Waals surface area contributed by atoms with E-state index in [1.807, 2.05) is 18.2 Å². The van der Waals surface area contributed by atoms with E-state index in [4.69, 9.17) is 4.52 Å². The first-order valence-corrected chi connectivity index (χ1v) is 6.62. The summed E-state index contributed by atoms with van der Waals surface area (Å²) in [6.45, 7) is 4.36. The molecule has 0 unspecified atom stereocenters. The second kappa shape index (κ2) is 5.42. The normalized spacial score (nSPS) is 14.8. The second-order valence-corrected chi connectivity index (χ2v) is 4.93. The third kappa shape index (κ3) is 2.55. The van der Waals surface area contributed by atoms with Crippen LogP contribution in [0.4, 0.5) is 0 Å². The van der Waals surface area contributed by atoms with E-state index in [2.05, 4.69) is 20.8 Å². The van der Waals surface area contributed by atoms with Gasteiger partial charge in [0.2, 0.25) is 0 Å². The van der Waals surface area contributed by atoms with Crippen LogP contribution in [0.5, 0.6) is 0 Å². The van der Waals surface area contributed by atoms with Crippen molar-refractivity contribution in [2.45, 2.75) is 6.92 Å². The molecule has 0 atom stereocenters. The highest BCUT2D eigenvalue weighted by Crippen LogP contribution is 2.21. The number of hydrogen-bond acceptors (Lipinski definition) is 5. The van der Waals surface area contributed by atoms with E-state index in [1.54, 1.807) is 13.0 Å². The second-order valence-electron chi connectivity index (χ2n) is 4.93. The Morgan fingerprint density at radius 1 is 1.45 bits per heavy atom. The van der Waals surface area contributed by atoms with Crippen LogP contribution >= 0.6 is 0 Å². The number of aromatic nitrogens is 2. The summed E-state index contributed by atoms with van der Waals surface area (Å²) in [5, 5.41) is 9.89. The Balaban J connectivity index is 1.79. The predicted octanol–water partition coefficient (Wildman–Crippen LogP) is 0.994. The fourth-order valence-corrected chi connectivity index (χ4v) is 2.10. The largest absolute Gasteiger partial charge is 0.352 e. The van der Waals surface area contributed by atoms with Crippen LogP contribution in [0.25, 0.3) is 11.5 Å². The lowest BCUT2D eigenvalue weighted by Crippen LogP contribution is -2.48. The molecule has 2 N–H and O–H groups in total. The molecule has 3 rings (SSSR count). The maximum Gasteiger partial charge on any atom is 0.258 e. The number of hydrogen-bond donors (Lipinski definition) is 2. The minimum atomic E-state index is -0.108. The third-order valence-electron chi connectivity index (χ3n) is 3.35. The van der Waals surface area contributed by atoms with Gasteiger partial charge in [0.15, 0.2) is 5.82 Å². The zero-order valence-corrected chi connectivity index (χ0v) is 11.2. The molecule has 1 aliphatic rings. The maximum absolute atomic E-state index is 12.3. The number of nitrogens with one attached hydrogen (secondary N) is 2. The van der Waals surface area contributed by atoms with E-state index >= 15 is 0 Å². The van der Waals surface area contributed by atoms with Gasteiger partial charge in [0, 0.05) is 25.6 Å². The van der Waals surface area contributed by atoms with Crippen molar-refractivity contribution in [1.82, 2.24) is 20.8 Å². The Kier molecular flexibility index (Phi) is 3.47. The molecule has 2 heterocycles. The number of rotatable bonds is 4. The summed E-state index contributed by atoms with van der Waals surface area (Å²) in [6, 6.07) is 7.25. The molecule has 20 heavy (non-hydrogen) atoms. The molecule has 1 amide bonds. The number of aryl methyl sites for hydroxylation is 1. The van der Waals surface area contributed by atoms with Crippen LogP contribution in [0.2, 0.25) is 0 Å². The van der Waals surface area contributed by atoms with Crippen molar-refractivity contribution in [3.8, 4) is 11.5 Å². The van der Waals surface area contributed by atoms with Crippen molar-refractivity contribution in [3.05, 3.63) is 35.7 Å². The molecule has 1 fully saturated rings. The van der Waals surface area contributed by atoms with Crippen molar-refractivity contribution >= 4 is 5.91 Å². The summed E-state index contributed by atoms with van der Waals surface area (Å²) in [6.07, 6.45) is 0. The summed E-state index contributed by atoms with van der Waals surface area (Å²) in [5.74, 6) is 1.34. The van der Waals surface area contributed by atoms with Gasteiger partial charge in [-0.05, 0) is 19.1 Å². The topological polar surface area (TPSA) is 80.0 Å². The van der Waals surface area contributed by atoms with Crippen LogP contribution in [0.3, 0.4) is 0 Å². The molecule has 0 bridgehead atoms. The molecule has 1 aliphatic heterocycles. The molecule has 1 saturated heterocycles. The molecular formula is C14H16N4O2. The van der Waals surface area contributed by atoms with Gasteiger partial charge in [-0.2, -0.15) is 4.98 Å². The summed E-state index contributed by atoms with van der Waals surface area (Å²) in [5.41, 5.74) is 1.22. The first kappa shape index (κ1) is 12.8. The molecule has 0 saturated carbocycles. The number of benzene rings is 1. The Morgan fingerprint density at radius 2 is 2.25 bits per heavy atom. The summed E-state index contributed by atoms with van der Waals surface area (Å²) >= 11 is 0. The van der Waals surface area contributed by atoms with E-state index < -0.39 is 0 Å². The predicted molar refractivity (Wildman–Crippen MR) is 73.2 cm³/mol. The van der Waals surface area contributed by atoms with Crippen LogP contribution in [-0.2, 0) is 0 Å². The fourth-order valence-electron chi connectivity index (χ4n) is 2.10. The number of carbonyl (C=O) groups excluding carboxylic acids is 1. The highest BCUT2D eigenvalue weighted by molar-refractivity contribution is 5.99. The molecule has 104 valence electrons. The smallest absolute Gasteiger partial charge is 0.258 e. The molecule has 1 aromatic heterocycles. The van der Waals surface area contributed by atoms with Crippen molar-refractivity contribution in [2.75, 3.05) is 19.6 Å². The SMILES string of the molecule is Cc1noc(-c2ccccc2C(=O)NCC2CNC2)n1. The monoisotopic (exact) mass is 272 g/mol. The minimum Gasteiger partial charge on any atom is -0.352 e. The van der Waals surface area contributed by atoms with Crippen molar-refractivity contribution in [1.29, 1.82) is 0 Å². The maximum atomic E-state index is 12.3. The molecule has 6 heteroatoms. The first-order chi connectivity index (χ1) is 9.74. The Hall–Kier alpha value is -2.21. The van der Waals surface area contributed by atoms with Crippen LogP contribution in [0.15, 0.2) is 28.8 Å². The lowest BCUT2D eigenvalue weighted by atomic mass is 10.0. The van der Waals surface area contributed by atoms with Gasteiger partial charge in [-0.1, -0.05) is 17.3 Å². The van der Waals surface area contributed by atoms with Crippen molar-refractivity contribution < 1.29 is 9.32 Å². The number of carbonyl (C=O) groups is 1. The molecule has 1 aromatic carbocycles. The molecule has 0 radical (unpaired) electrons. The Morgan fingerprint density at radius 3 is 2.90 bits per heavy atom. The van der Waals surface area contributed by atoms with Gasteiger partial charge in [0.05, 0.1) is 11.1 Å². The molecule has 0 spiro atoms. The average molecular weight is 272 g/mol. The molecule has 2 aromatic rings. The lowest BCUT2D eigenvalue weighted by molar-refractivity contribution is 0.0942. The van der Waals surface area contributed by atoms with E-state index in [0.29, 0.717) is 35.3 Å². The molecule has 6 nitrogen and oxygen atoms in total. The highest BCUT2D eigenvalue weighted by Gasteiger charge is 2.20. The van der Waals surface area contributed by atoms with E-state index in [1.165, 1.54) is 0 Å². The van der Waals surface area contributed by atoms with Crippen LogP contribution < -0.4 is 10.6 Å². The van der Waals surface area contributed by atoms with Crippen LogP contribution in [0.1, 0.15) is 16.2 Å². The van der Waals surface area contributed by atoms with E-state index in [0.717, 1.165) is 13.1 Å². The molecule has 0 aliphatic carbocycles. The van der Waals surface area contributed by atoms with Gasteiger partial charge in [0.1, 0.15) is 0 Å². The zero-order chi connectivity index (χ0) is 13.9. The minimum absolute atomic E-state index is 0.108. The van der Waals surface area contributed by atoms with E-state index in [-0.39, 0.29) is 5.91 Å². The molecular weight excluding hydrogens is 256 g/mol. The Labute approximate surface area is 116 Å². The van der Waals surface area contributed by atoms with Crippen LogP contribution in [0, 0.1) is 12.8 Å². The Bertz CT molecular complexity index is 619. The zero-order valence-electron chi connectivity index (χ0n) is 11.2. The quantitative estimate of drug-likeness (QED) is 0.867. The number of nitrogens with zero attached hydrogens (tertiary/aromatic N) is 2. The van der Waals surface area contributed by atoms with Gasteiger partial charge >= 0.3 is 0 Å². The standard InChI is InChI=1S/C14H16N4O2/c1-9-17-14(20-18-9)12-5-3-2-4-11(12)13(19)16-8-10-6-15-7-10/h2-5,10,15H,6-8H2,1H3,(H,16,19). The first-order valence-electron chi connectivity index (χ1n) is 6.62. The van der Waals surface area contributed by atoms with Crippen molar-refractivity contribution in [2.24, 2.45) is 5.92 Å². The summed E-state index contributed by atoms with van der Waals surface area (Å²) in [7, 11) is 0. The third-order valence-corrected chi connectivity index (χ3v) is 3.35. The van der Waals surface area contributed by atoms with Crippen molar-refractivity contribution in [3.63, 3.8) is 0 Å². The average Bonchev–Trinajstić information content (AvgIpc) is 2.83. The van der Waals surface area contributed by atoms with Gasteiger partial charge in [-0.3, -0.25) is 4.79 Å². The highest BCUT2D eigenvalue weighted by atomic mass is 16.5. The van der Waals surface area contributed by atoms with Gasteiger partial charge in [-0.15, -0.1) is 0 Å². The van der Waals surface area contributed by atoms with Gasteiger partial charge in [-0.25, -0.2) is 0 Å².